The van der Waals surface area contributed by atoms with Gasteiger partial charge in [-0.3, -0.25) is 4.79 Å². The van der Waals surface area contributed by atoms with E-state index in [1.54, 1.807) is 13.8 Å². The number of nitrogens with zero attached hydrogens (tertiary/aromatic N) is 1. The number of carbonyl (C=O) groups is 2. The van der Waals surface area contributed by atoms with Crippen molar-refractivity contribution in [3.63, 3.8) is 0 Å². The quantitative estimate of drug-likeness (QED) is 0.394. The molecule has 19 heavy (non-hydrogen) atoms. The van der Waals surface area contributed by atoms with Crippen molar-refractivity contribution >= 4 is 11.9 Å². The molecule has 0 amide bonds. The van der Waals surface area contributed by atoms with Crippen LogP contribution in [0.4, 0.5) is 0 Å². The molecule has 7 heteroatoms. The first-order valence-corrected chi connectivity index (χ1v) is 5.96. The molecular weight excluding hydrogens is 254 g/mol. The lowest BCUT2D eigenvalue weighted by atomic mass is 10.0. The first-order valence-electron chi connectivity index (χ1n) is 5.96. The van der Waals surface area contributed by atoms with Crippen LogP contribution in [0.25, 0.3) is 0 Å². The molecule has 0 bridgehead atoms. The van der Waals surface area contributed by atoms with Gasteiger partial charge in [0.05, 0.1) is 38.6 Å². The fourth-order valence-corrected chi connectivity index (χ4v) is 1.42. The van der Waals surface area contributed by atoms with Crippen molar-refractivity contribution in [2.45, 2.75) is 20.3 Å². The number of hydroxylamine groups is 2. The molecule has 0 radical (unpaired) electrons. The summed E-state index contributed by atoms with van der Waals surface area (Å²) in [6, 6.07) is 0. The van der Waals surface area contributed by atoms with Gasteiger partial charge in [0.2, 0.25) is 0 Å². The van der Waals surface area contributed by atoms with Crippen molar-refractivity contribution in [1.29, 1.82) is 0 Å². The Kier molecular flexibility index (Phi) is 8.77. The summed E-state index contributed by atoms with van der Waals surface area (Å²) in [6.45, 7) is 3.14. The number of aliphatic hydroxyl groups excluding tert-OH is 2. The van der Waals surface area contributed by atoms with Crippen LogP contribution in [0.1, 0.15) is 20.3 Å². The summed E-state index contributed by atoms with van der Waals surface area (Å²) in [7, 11) is 0. The molecule has 1 atom stereocenters. The highest BCUT2D eigenvalue weighted by molar-refractivity contribution is 5.80. The minimum atomic E-state index is -1.10. The largest absolute Gasteiger partial charge is 0.481 e. The van der Waals surface area contributed by atoms with Gasteiger partial charge in [0.15, 0.2) is 0 Å². The number of aliphatic hydroxyl groups is 2. The van der Waals surface area contributed by atoms with Crippen molar-refractivity contribution in [2.75, 3.05) is 26.3 Å². The monoisotopic (exact) mass is 275 g/mol. The van der Waals surface area contributed by atoms with Crippen molar-refractivity contribution in [1.82, 2.24) is 5.06 Å². The fraction of sp³-hybridized carbons (Fsp3) is 0.667. The standard InChI is InChI=1S/C12H21NO6/c1-9(2)7-10(8-11(16)17)12(18)19-13(3-5-14)4-6-15/h7,10,14-15H,3-6,8H2,1-2H3,(H,16,17). The number of rotatable bonds is 9. The Hall–Kier alpha value is -1.44. The van der Waals surface area contributed by atoms with E-state index in [2.05, 4.69) is 0 Å². The molecule has 0 fully saturated rings. The number of carboxylic acid groups (broad SMARTS) is 1. The summed E-state index contributed by atoms with van der Waals surface area (Å²) in [5.74, 6) is -2.71. The molecule has 0 aliphatic heterocycles. The van der Waals surface area contributed by atoms with Crippen LogP contribution in [0.3, 0.4) is 0 Å². The Labute approximate surface area is 112 Å². The molecule has 0 saturated carbocycles. The van der Waals surface area contributed by atoms with E-state index in [-0.39, 0.29) is 32.7 Å². The SMILES string of the molecule is CC(C)=CC(CC(=O)O)C(=O)ON(CCO)CCO. The fourth-order valence-electron chi connectivity index (χ4n) is 1.42. The van der Waals surface area contributed by atoms with Crippen molar-refractivity contribution in [2.24, 2.45) is 5.92 Å². The molecular formula is C12H21NO6. The Morgan fingerprint density at radius 2 is 1.74 bits per heavy atom. The molecule has 0 spiro atoms. The topological polar surface area (TPSA) is 107 Å². The molecule has 7 nitrogen and oxygen atoms in total. The van der Waals surface area contributed by atoms with Gasteiger partial charge in [0.25, 0.3) is 0 Å². The van der Waals surface area contributed by atoms with Gasteiger partial charge in [0.1, 0.15) is 0 Å². The summed E-state index contributed by atoms with van der Waals surface area (Å²) in [6.07, 6.45) is 1.16. The van der Waals surface area contributed by atoms with Gasteiger partial charge in [-0.25, -0.2) is 4.79 Å². The highest BCUT2D eigenvalue weighted by Gasteiger charge is 2.23. The zero-order chi connectivity index (χ0) is 14.8. The van der Waals surface area contributed by atoms with E-state index < -0.39 is 17.9 Å². The molecule has 0 aromatic rings. The second kappa shape index (κ2) is 9.48. The summed E-state index contributed by atoms with van der Waals surface area (Å²) >= 11 is 0. The van der Waals surface area contributed by atoms with Gasteiger partial charge in [-0.2, -0.15) is 0 Å². The van der Waals surface area contributed by atoms with Crippen LogP contribution in [0.5, 0.6) is 0 Å². The number of carboxylic acids is 1. The van der Waals surface area contributed by atoms with Crippen LogP contribution >= 0.6 is 0 Å². The summed E-state index contributed by atoms with van der Waals surface area (Å²) in [5.41, 5.74) is 0.805. The van der Waals surface area contributed by atoms with Gasteiger partial charge in [-0.05, 0) is 13.8 Å². The zero-order valence-corrected chi connectivity index (χ0v) is 11.2. The predicted molar refractivity (Wildman–Crippen MR) is 67.0 cm³/mol. The number of allylic oxidation sites excluding steroid dienone is 1. The highest BCUT2D eigenvalue weighted by atomic mass is 16.7. The normalized spacial score (nSPS) is 12.1. The van der Waals surface area contributed by atoms with E-state index in [0.717, 1.165) is 10.6 Å². The first-order chi connectivity index (χ1) is 8.90. The maximum absolute atomic E-state index is 11.8. The van der Waals surface area contributed by atoms with Crippen molar-refractivity contribution in [3.05, 3.63) is 11.6 Å². The van der Waals surface area contributed by atoms with E-state index in [0.29, 0.717) is 0 Å². The molecule has 0 rings (SSSR count). The predicted octanol–water partition coefficient (Wildman–Crippen LogP) is -0.212. The van der Waals surface area contributed by atoms with E-state index in [1.165, 1.54) is 6.08 Å². The minimum Gasteiger partial charge on any atom is -0.481 e. The highest BCUT2D eigenvalue weighted by Crippen LogP contribution is 2.12. The molecule has 1 unspecified atom stereocenters. The molecule has 110 valence electrons. The number of hydrogen-bond acceptors (Lipinski definition) is 6. The van der Waals surface area contributed by atoms with Gasteiger partial charge < -0.3 is 20.2 Å². The Morgan fingerprint density at radius 1 is 1.21 bits per heavy atom. The van der Waals surface area contributed by atoms with Crippen LogP contribution in [-0.4, -0.2) is 58.6 Å². The Balaban J connectivity index is 4.68. The summed E-state index contributed by atoms with van der Waals surface area (Å²) in [5, 5.41) is 27.4. The minimum absolute atomic E-state index is 0.0565. The lowest BCUT2D eigenvalue weighted by Crippen LogP contribution is -2.35. The molecule has 0 heterocycles. The third-order valence-corrected chi connectivity index (χ3v) is 2.15. The molecule has 0 aliphatic carbocycles. The van der Waals surface area contributed by atoms with Gasteiger partial charge in [0, 0.05) is 0 Å². The van der Waals surface area contributed by atoms with Crippen LogP contribution < -0.4 is 0 Å². The third kappa shape index (κ3) is 8.30. The average Bonchev–Trinajstić information content (AvgIpc) is 2.27. The van der Waals surface area contributed by atoms with Gasteiger partial charge >= 0.3 is 11.9 Å². The van der Waals surface area contributed by atoms with E-state index in [4.69, 9.17) is 20.2 Å². The second-order valence-electron chi connectivity index (χ2n) is 4.23. The van der Waals surface area contributed by atoms with E-state index in [9.17, 15) is 9.59 Å². The van der Waals surface area contributed by atoms with Crippen LogP contribution in [0.2, 0.25) is 0 Å². The van der Waals surface area contributed by atoms with Crippen LogP contribution in [-0.2, 0) is 14.4 Å². The lowest BCUT2D eigenvalue weighted by molar-refractivity contribution is -0.198. The van der Waals surface area contributed by atoms with Crippen LogP contribution in [0, 0.1) is 5.92 Å². The number of carbonyl (C=O) groups excluding carboxylic acids is 1. The zero-order valence-electron chi connectivity index (χ0n) is 11.2. The Bertz CT molecular complexity index is 318. The number of hydrogen-bond donors (Lipinski definition) is 3. The molecule has 0 saturated heterocycles. The van der Waals surface area contributed by atoms with Crippen molar-refractivity contribution in [3.8, 4) is 0 Å². The summed E-state index contributed by atoms with van der Waals surface area (Å²) in [4.78, 5) is 27.5. The summed E-state index contributed by atoms with van der Waals surface area (Å²) < 4.78 is 0. The maximum atomic E-state index is 11.8. The lowest BCUT2D eigenvalue weighted by Gasteiger charge is -2.21. The third-order valence-electron chi connectivity index (χ3n) is 2.15. The maximum Gasteiger partial charge on any atom is 0.332 e. The van der Waals surface area contributed by atoms with E-state index in [1.807, 2.05) is 0 Å². The molecule has 3 N–H and O–H groups in total. The first kappa shape index (κ1) is 17.6. The van der Waals surface area contributed by atoms with Crippen LogP contribution in [0.15, 0.2) is 11.6 Å². The van der Waals surface area contributed by atoms with Crippen molar-refractivity contribution < 1.29 is 29.7 Å². The molecule has 0 aromatic carbocycles. The van der Waals surface area contributed by atoms with E-state index >= 15 is 0 Å². The average molecular weight is 275 g/mol. The molecule has 0 aromatic heterocycles. The Morgan fingerprint density at radius 3 is 2.11 bits per heavy atom. The van der Waals surface area contributed by atoms with Gasteiger partial charge in [-0.15, -0.1) is 5.06 Å². The van der Waals surface area contributed by atoms with Gasteiger partial charge in [-0.1, -0.05) is 11.6 Å². The smallest absolute Gasteiger partial charge is 0.332 e. The molecule has 0 aliphatic rings. The number of aliphatic carboxylic acids is 1. The second-order valence-corrected chi connectivity index (χ2v) is 4.23.